The van der Waals surface area contributed by atoms with E-state index in [0.29, 0.717) is 0 Å². The summed E-state index contributed by atoms with van der Waals surface area (Å²) in [6, 6.07) is 16.7. The van der Waals surface area contributed by atoms with Crippen LogP contribution in [0.1, 0.15) is 19.3 Å². The number of para-hydroxylation sites is 4. The fourth-order valence-electron chi connectivity index (χ4n) is 3.48. The van der Waals surface area contributed by atoms with Crippen LogP contribution in [-0.4, -0.2) is 31.1 Å². The minimum absolute atomic E-state index is 0.961. The molecule has 0 N–H and O–H groups in total. The normalized spacial score (nSPS) is 17.0. The van der Waals surface area contributed by atoms with Crippen molar-refractivity contribution in [3.63, 3.8) is 0 Å². The van der Waals surface area contributed by atoms with Crippen molar-refractivity contribution in [2.45, 2.75) is 19.3 Å². The SMILES string of the molecule is c1ccc2c(c1)Oc1ccccc1N2CCCN1CCCC1. The number of anilines is 2. The molecule has 0 radical (unpaired) electrons. The van der Waals surface area contributed by atoms with Gasteiger partial charge in [-0.05, 0) is 63.2 Å². The lowest BCUT2D eigenvalue weighted by molar-refractivity contribution is 0.335. The van der Waals surface area contributed by atoms with Gasteiger partial charge in [0.25, 0.3) is 0 Å². The average Bonchev–Trinajstić information content (AvgIpc) is 3.07. The maximum Gasteiger partial charge on any atom is 0.151 e. The molecular formula is C19H22N2O. The Morgan fingerprint density at radius 3 is 2.00 bits per heavy atom. The lowest BCUT2D eigenvalue weighted by atomic mass is 10.1. The Morgan fingerprint density at radius 2 is 1.36 bits per heavy atom. The Morgan fingerprint density at radius 1 is 0.773 bits per heavy atom. The average molecular weight is 294 g/mol. The predicted octanol–water partition coefficient (Wildman–Crippen LogP) is 4.42. The summed E-state index contributed by atoms with van der Waals surface area (Å²) in [5, 5.41) is 0. The number of likely N-dealkylation sites (tertiary alicyclic amines) is 1. The molecule has 0 unspecified atom stereocenters. The number of fused-ring (bicyclic) bond motifs is 2. The quantitative estimate of drug-likeness (QED) is 0.830. The first-order chi connectivity index (χ1) is 10.9. The van der Waals surface area contributed by atoms with Crippen LogP contribution in [0.15, 0.2) is 48.5 Å². The first-order valence-electron chi connectivity index (χ1n) is 8.28. The summed E-state index contributed by atoms with van der Waals surface area (Å²) < 4.78 is 6.04. The van der Waals surface area contributed by atoms with Crippen molar-refractivity contribution >= 4 is 11.4 Å². The van der Waals surface area contributed by atoms with E-state index in [2.05, 4.69) is 46.2 Å². The van der Waals surface area contributed by atoms with Gasteiger partial charge < -0.3 is 14.5 Å². The third-order valence-electron chi connectivity index (χ3n) is 4.59. The third-order valence-corrected chi connectivity index (χ3v) is 4.59. The van der Waals surface area contributed by atoms with Crippen LogP contribution in [0.4, 0.5) is 11.4 Å². The number of hydrogen-bond donors (Lipinski definition) is 0. The van der Waals surface area contributed by atoms with Crippen molar-refractivity contribution in [2.24, 2.45) is 0 Å². The molecule has 3 heteroatoms. The van der Waals surface area contributed by atoms with Crippen molar-refractivity contribution in [3.05, 3.63) is 48.5 Å². The number of ether oxygens (including phenoxy) is 1. The molecule has 0 atom stereocenters. The van der Waals surface area contributed by atoms with Crippen LogP contribution in [0, 0.1) is 0 Å². The second-order valence-corrected chi connectivity index (χ2v) is 6.09. The Balaban J connectivity index is 1.54. The van der Waals surface area contributed by atoms with Gasteiger partial charge in [-0.1, -0.05) is 24.3 Å². The van der Waals surface area contributed by atoms with Crippen molar-refractivity contribution in [1.29, 1.82) is 0 Å². The molecule has 1 saturated heterocycles. The molecule has 3 nitrogen and oxygen atoms in total. The molecule has 2 aromatic rings. The van der Waals surface area contributed by atoms with Gasteiger partial charge in [0.15, 0.2) is 11.5 Å². The zero-order valence-electron chi connectivity index (χ0n) is 12.9. The Bertz CT molecular complexity index is 604. The van der Waals surface area contributed by atoms with E-state index < -0.39 is 0 Å². The zero-order valence-corrected chi connectivity index (χ0v) is 12.9. The summed E-state index contributed by atoms with van der Waals surface area (Å²) in [5.41, 5.74) is 2.37. The lowest BCUT2D eigenvalue weighted by Gasteiger charge is -2.33. The van der Waals surface area contributed by atoms with Crippen molar-refractivity contribution in [1.82, 2.24) is 4.90 Å². The molecule has 0 aromatic heterocycles. The van der Waals surface area contributed by atoms with Crippen LogP contribution in [-0.2, 0) is 0 Å². The van der Waals surface area contributed by atoms with Crippen LogP contribution in [0.3, 0.4) is 0 Å². The Kier molecular flexibility index (Phi) is 3.73. The molecule has 2 heterocycles. The molecule has 2 aliphatic rings. The molecule has 114 valence electrons. The highest BCUT2D eigenvalue weighted by atomic mass is 16.5. The molecule has 1 fully saturated rings. The second kappa shape index (κ2) is 6.01. The van der Waals surface area contributed by atoms with Gasteiger partial charge in [0.2, 0.25) is 0 Å². The molecular weight excluding hydrogens is 272 g/mol. The summed E-state index contributed by atoms with van der Waals surface area (Å²) >= 11 is 0. The third kappa shape index (κ3) is 2.57. The highest BCUT2D eigenvalue weighted by Gasteiger charge is 2.23. The highest BCUT2D eigenvalue weighted by molar-refractivity contribution is 5.77. The van der Waals surface area contributed by atoms with Crippen molar-refractivity contribution in [2.75, 3.05) is 31.1 Å². The Labute approximate surface area is 132 Å². The van der Waals surface area contributed by atoms with Gasteiger partial charge in [0.05, 0.1) is 11.4 Å². The molecule has 0 bridgehead atoms. The minimum Gasteiger partial charge on any atom is -0.453 e. The van der Waals surface area contributed by atoms with Crippen LogP contribution in [0.5, 0.6) is 11.5 Å². The van der Waals surface area contributed by atoms with E-state index in [4.69, 9.17) is 4.74 Å². The monoisotopic (exact) mass is 294 g/mol. The van der Waals surface area contributed by atoms with Crippen LogP contribution in [0.2, 0.25) is 0 Å². The standard InChI is InChI=1S/C19H22N2O/c1-3-10-18-16(8-1)21(15-7-14-20-12-5-6-13-20)17-9-2-4-11-19(17)22-18/h1-4,8-11H,5-7,12-15H2. The van der Waals surface area contributed by atoms with E-state index in [0.717, 1.165) is 18.0 Å². The first kappa shape index (κ1) is 13.6. The summed E-state index contributed by atoms with van der Waals surface area (Å²) in [4.78, 5) is 4.99. The van der Waals surface area contributed by atoms with Gasteiger partial charge >= 0.3 is 0 Å². The van der Waals surface area contributed by atoms with Gasteiger partial charge in [-0.25, -0.2) is 0 Å². The minimum atomic E-state index is 0.961. The summed E-state index contributed by atoms with van der Waals surface area (Å²) in [6.07, 6.45) is 3.91. The smallest absolute Gasteiger partial charge is 0.151 e. The summed E-state index contributed by atoms with van der Waals surface area (Å²) in [7, 11) is 0. The molecule has 0 spiro atoms. The highest BCUT2D eigenvalue weighted by Crippen LogP contribution is 2.46. The fraction of sp³-hybridized carbons (Fsp3) is 0.368. The van der Waals surface area contributed by atoms with E-state index >= 15 is 0 Å². The van der Waals surface area contributed by atoms with E-state index in [1.807, 2.05) is 12.1 Å². The first-order valence-corrected chi connectivity index (χ1v) is 8.28. The van der Waals surface area contributed by atoms with Crippen LogP contribution in [0.25, 0.3) is 0 Å². The van der Waals surface area contributed by atoms with Gasteiger partial charge in [-0.3, -0.25) is 0 Å². The zero-order chi connectivity index (χ0) is 14.8. The van der Waals surface area contributed by atoms with Crippen LogP contribution >= 0.6 is 0 Å². The summed E-state index contributed by atoms with van der Waals surface area (Å²) in [5.74, 6) is 1.92. The van der Waals surface area contributed by atoms with Crippen molar-refractivity contribution in [3.8, 4) is 11.5 Å². The fourth-order valence-corrected chi connectivity index (χ4v) is 3.48. The van der Waals surface area contributed by atoms with Crippen LogP contribution < -0.4 is 9.64 Å². The predicted molar refractivity (Wildman–Crippen MR) is 90.3 cm³/mol. The number of nitrogens with zero attached hydrogens (tertiary/aromatic N) is 2. The second-order valence-electron chi connectivity index (χ2n) is 6.09. The topological polar surface area (TPSA) is 15.7 Å². The molecule has 0 saturated carbocycles. The molecule has 0 amide bonds. The lowest BCUT2D eigenvalue weighted by Crippen LogP contribution is -2.27. The van der Waals surface area contributed by atoms with E-state index in [-0.39, 0.29) is 0 Å². The summed E-state index contributed by atoms with van der Waals surface area (Å²) in [6.45, 7) is 4.78. The largest absolute Gasteiger partial charge is 0.453 e. The van der Waals surface area contributed by atoms with E-state index in [1.54, 1.807) is 0 Å². The molecule has 2 aromatic carbocycles. The van der Waals surface area contributed by atoms with E-state index in [9.17, 15) is 0 Å². The molecule has 22 heavy (non-hydrogen) atoms. The number of benzene rings is 2. The van der Waals surface area contributed by atoms with Gasteiger partial charge in [-0.15, -0.1) is 0 Å². The molecule has 4 rings (SSSR count). The van der Waals surface area contributed by atoms with Crippen molar-refractivity contribution < 1.29 is 4.74 Å². The Hall–Kier alpha value is -2.00. The number of hydrogen-bond acceptors (Lipinski definition) is 3. The molecule has 0 aliphatic carbocycles. The van der Waals surface area contributed by atoms with Gasteiger partial charge in [-0.2, -0.15) is 0 Å². The molecule has 2 aliphatic heterocycles. The van der Waals surface area contributed by atoms with Gasteiger partial charge in [0, 0.05) is 6.54 Å². The maximum atomic E-state index is 6.04. The van der Waals surface area contributed by atoms with E-state index in [1.165, 1.54) is 50.3 Å². The van der Waals surface area contributed by atoms with Gasteiger partial charge in [0.1, 0.15) is 0 Å². The maximum absolute atomic E-state index is 6.04. The number of rotatable bonds is 4.